The molecule has 8 heteroatoms. The molecule has 0 spiro atoms. The van der Waals surface area contributed by atoms with E-state index in [0.29, 0.717) is 17.7 Å². The van der Waals surface area contributed by atoms with Crippen LogP contribution in [-0.4, -0.2) is 39.6 Å². The number of pyridine rings is 1. The van der Waals surface area contributed by atoms with Crippen molar-refractivity contribution in [2.45, 2.75) is 93.7 Å². The smallest absolute Gasteiger partial charge is 0.290 e. The molecule has 0 amide bonds. The fourth-order valence-electron chi connectivity index (χ4n) is 4.70. The second kappa shape index (κ2) is 17.1. The van der Waals surface area contributed by atoms with Crippen LogP contribution in [0.2, 0.25) is 0 Å². The maximum atomic E-state index is 15.4. The molecule has 42 heavy (non-hydrogen) atoms. The molecule has 0 saturated carbocycles. The molecular formula is C34H48F2N2O3S. The highest BCUT2D eigenvalue weighted by atomic mass is 32.2. The zero-order chi connectivity index (χ0) is 33.0. The predicted octanol–water partition coefficient (Wildman–Crippen LogP) is 8.95. The van der Waals surface area contributed by atoms with Crippen LogP contribution >= 0.6 is 11.9 Å². The van der Waals surface area contributed by atoms with Gasteiger partial charge in [-0.15, -0.1) is 12.8 Å². The third-order valence-electron chi connectivity index (χ3n) is 6.19. The predicted molar refractivity (Wildman–Crippen MR) is 176 cm³/mol. The van der Waals surface area contributed by atoms with Crippen molar-refractivity contribution in [3.63, 3.8) is 0 Å². The molecule has 0 saturated heterocycles. The highest BCUT2D eigenvalue weighted by Crippen LogP contribution is 2.47. The average Bonchev–Trinajstić information content (AvgIpc) is 2.87. The number of hydrogen-bond acceptors (Lipinski definition) is 5. The van der Waals surface area contributed by atoms with E-state index in [-0.39, 0.29) is 29.6 Å². The average molecular weight is 603 g/mol. The van der Waals surface area contributed by atoms with Gasteiger partial charge >= 0.3 is 0 Å². The molecule has 2 N–H and O–H groups in total. The molecule has 2 aromatic rings. The lowest BCUT2D eigenvalue weighted by Gasteiger charge is -2.34. The Kier molecular flexibility index (Phi) is 15.8. The summed E-state index contributed by atoms with van der Waals surface area (Å²) in [6.07, 6.45) is 16.5. The first kappa shape index (κ1) is 38.9. The van der Waals surface area contributed by atoms with E-state index in [1.54, 1.807) is 38.8 Å². The van der Waals surface area contributed by atoms with E-state index in [1.807, 2.05) is 13.0 Å². The largest absolute Gasteiger partial charge is 0.483 e. The third kappa shape index (κ3) is 10.9. The van der Waals surface area contributed by atoms with Gasteiger partial charge in [-0.2, -0.15) is 0 Å². The van der Waals surface area contributed by atoms with Gasteiger partial charge in [-0.1, -0.05) is 44.9 Å². The van der Waals surface area contributed by atoms with Crippen molar-refractivity contribution in [3.05, 3.63) is 64.4 Å². The summed E-state index contributed by atoms with van der Waals surface area (Å²) in [5.74, 6) is -0.446. The Morgan fingerprint density at radius 2 is 1.67 bits per heavy atom. The Balaban J connectivity index is 0.00000147. The molecule has 1 aliphatic rings. The van der Waals surface area contributed by atoms with Crippen LogP contribution < -0.4 is 4.31 Å². The van der Waals surface area contributed by atoms with E-state index in [2.05, 4.69) is 76.0 Å². The van der Waals surface area contributed by atoms with Crippen LogP contribution in [0.3, 0.4) is 0 Å². The molecule has 232 valence electrons. The Labute approximate surface area is 256 Å². The van der Waals surface area contributed by atoms with Gasteiger partial charge in [-0.3, -0.25) is 9.78 Å². The van der Waals surface area contributed by atoms with Crippen molar-refractivity contribution in [2.24, 2.45) is 5.41 Å². The summed E-state index contributed by atoms with van der Waals surface area (Å²) in [6.45, 7) is 19.7. The van der Waals surface area contributed by atoms with Gasteiger partial charge in [-0.25, -0.2) is 8.78 Å². The van der Waals surface area contributed by atoms with Gasteiger partial charge in [0.1, 0.15) is 11.6 Å². The third-order valence-corrected chi connectivity index (χ3v) is 7.19. The molecule has 1 aliphatic carbocycles. The standard InChI is InChI=1S/C27H34F2N2S.C4H10O.C2H2.CH2O2/c1-9-20-17(4)26(31(32-8)16(2)3)25(23-11-10-19(28)15-30-23)18(5)24(20)21-12-13-27(6,7)14-22(21)29;1-4(2,3)5;1-2;2-1-3/h10-13,15-16H,9,14H2,1-8H3;5H,1-3H3;1-2H;1H,(H,2,3). The van der Waals surface area contributed by atoms with Crippen molar-refractivity contribution >= 4 is 29.7 Å². The summed E-state index contributed by atoms with van der Waals surface area (Å²) in [6, 6.07) is 3.40. The summed E-state index contributed by atoms with van der Waals surface area (Å²) < 4.78 is 31.4. The molecule has 5 nitrogen and oxygen atoms in total. The summed E-state index contributed by atoms with van der Waals surface area (Å²) in [4.78, 5) is 12.8. The van der Waals surface area contributed by atoms with Gasteiger partial charge in [0.15, 0.2) is 0 Å². The van der Waals surface area contributed by atoms with Crippen LogP contribution in [-0.2, 0) is 11.2 Å². The molecule has 1 aromatic heterocycles. The van der Waals surface area contributed by atoms with Gasteiger partial charge in [0.05, 0.1) is 23.2 Å². The van der Waals surface area contributed by atoms with Crippen LogP contribution in [0, 0.1) is 37.9 Å². The zero-order valence-electron chi connectivity index (χ0n) is 27.0. The van der Waals surface area contributed by atoms with E-state index >= 15 is 4.39 Å². The van der Waals surface area contributed by atoms with Crippen molar-refractivity contribution < 1.29 is 23.8 Å². The molecule has 3 rings (SSSR count). The lowest BCUT2D eigenvalue weighted by Crippen LogP contribution is -2.25. The molecule has 1 heterocycles. The molecule has 0 aliphatic heterocycles. The zero-order valence-corrected chi connectivity index (χ0v) is 27.8. The Hall–Kier alpha value is -3.15. The second-order valence-corrected chi connectivity index (χ2v) is 12.5. The number of benzene rings is 1. The Morgan fingerprint density at radius 3 is 2.05 bits per heavy atom. The fraction of sp³-hybridized carbons (Fsp3) is 0.471. The van der Waals surface area contributed by atoms with Gasteiger partial charge in [0.2, 0.25) is 0 Å². The number of allylic oxidation sites excluding steroid dienone is 4. The van der Waals surface area contributed by atoms with Crippen LogP contribution in [0.1, 0.15) is 84.1 Å². The highest BCUT2D eigenvalue weighted by molar-refractivity contribution is 8.00. The number of hydrogen-bond donors (Lipinski definition) is 2. The number of aromatic nitrogens is 1. The van der Waals surface area contributed by atoms with Crippen molar-refractivity contribution in [1.82, 2.24) is 4.98 Å². The van der Waals surface area contributed by atoms with Gasteiger partial charge in [0.25, 0.3) is 6.47 Å². The molecule has 0 atom stereocenters. The Bertz CT molecular complexity index is 1250. The van der Waals surface area contributed by atoms with E-state index in [0.717, 1.165) is 39.9 Å². The van der Waals surface area contributed by atoms with E-state index in [4.69, 9.17) is 15.0 Å². The number of nitrogens with zero attached hydrogens (tertiary/aromatic N) is 2. The molecular weight excluding hydrogens is 554 g/mol. The lowest BCUT2D eigenvalue weighted by molar-refractivity contribution is -0.122. The quantitative estimate of drug-likeness (QED) is 0.195. The SMILES string of the molecule is C#C.CC(C)(C)O.CCc1c(C)c(N(SC)C(C)C)c(-c2ccc(F)cn2)c(C)c1C1=C(F)CC(C)(C)C=C1.O=CO. The van der Waals surface area contributed by atoms with Crippen LogP contribution in [0.25, 0.3) is 16.8 Å². The molecule has 1 aromatic carbocycles. The van der Waals surface area contributed by atoms with Crippen molar-refractivity contribution in [1.29, 1.82) is 0 Å². The minimum absolute atomic E-state index is 0.0777. The summed E-state index contributed by atoms with van der Waals surface area (Å²) in [5.41, 5.74) is 6.89. The minimum atomic E-state index is -0.500. The lowest BCUT2D eigenvalue weighted by atomic mass is 9.78. The minimum Gasteiger partial charge on any atom is -0.483 e. The summed E-state index contributed by atoms with van der Waals surface area (Å²) in [7, 11) is 0. The van der Waals surface area contributed by atoms with Crippen molar-refractivity contribution in [2.75, 3.05) is 10.6 Å². The first-order valence-electron chi connectivity index (χ1n) is 13.8. The fourth-order valence-corrected chi connectivity index (χ4v) is 5.53. The second-order valence-electron chi connectivity index (χ2n) is 11.7. The number of carbonyl (C=O) groups is 1. The first-order chi connectivity index (χ1) is 19.4. The van der Waals surface area contributed by atoms with E-state index < -0.39 is 5.60 Å². The van der Waals surface area contributed by atoms with Crippen LogP contribution in [0.5, 0.6) is 0 Å². The first-order valence-corrected chi connectivity index (χ1v) is 14.9. The molecule has 0 unspecified atom stereocenters. The number of rotatable bonds is 6. The number of aliphatic hydroxyl groups is 1. The monoisotopic (exact) mass is 602 g/mol. The van der Waals surface area contributed by atoms with Crippen molar-refractivity contribution in [3.8, 4) is 24.1 Å². The number of terminal acetylenes is 1. The van der Waals surface area contributed by atoms with Crippen LogP contribution in [0.4, 0.5) is 14.5 Å². The Morgan fingerprint density at radius 1 is 1.14 bits per heavy atom. The highest BCUT2D eigenvalue weighted by Gasteiger charge is 2.30. The normalized spacial score (nSPS) is 13.6. The van der Waals surface area contributed by atoms with E-state index in [9.17, 15) is 4.39 Å². The summed E-state index contributed by atoms with van der Waals surface area (Å²) >= 11 is 1.66. The number of anilines is 1. The van der Waals surface area contributed by atoms with Gasteiger partial charge < -0.3 is 14.5 Å². The van der Waals surface area contributed by atoms with E-state index in [1.165, 1.54) is 12.3 Å². The summed E-state index contributed by atoms with van der Waals surface area (Å²) in [5, 5.41) is 15.4. The van der Waals surface area contributed by atoms with Gasteiger partial charge in [0, 0.05) is 29.9 Å². The maximum Gasteiger partial charge on any atom is 0.290 e. The molecule has 0 bridgehead atoms. The number of carboxylic acid groups (broad SMARTS) is 1. The van der Waals surface area contributed by atoms with Gasteiger partial charge in [-0.05, 0) is 94.7 Å². The number of halogens is 2. The molecule has 0 fully saturated rings. The topological polar surface area (TPSA) is 73.7 Å². The molecule has 0 radical (unpaired) electrons. The van der Waals surface area contributed by atoms with Crippen LogP contribution in [0.15, 0.2) is 36.3 Å². The maximum absolute atomic E-state index is 15.4.